The zero-order valence-corrected chi connectivity index (χ0v) is 12.1. The quantitative estimate of drug-likeness (QED) is 0.655. The molecule has 0 aromatic carbocycles. The molecule has 14 heavy (non-hydrogen) atoms. The van der Waals surface area contributed by atoms with Crippen LogP contribution in [0.4, 0.5) is 0 Å². The molecule has 0 radical (unpaired) electrons. The van der Waals surface area contributed by atoms with E-state index in [-0.39, 0.29) is 0 Å². The van der Waals surface area contributed by atoms with E-state index in [1.54, 1.807) is 0 Å². The maximum absolute atomic E-state index is 6.01. The van der Waals surface area contributed by atoms with E-state index < -0.39 is 16.6 Å². The Balaban J connectivity index is 2.51. The van der Waals surface area contributed by atoms with Crippen molar-refractivity contribution in [3.8, 4) is 0 Å². The van der Waals surface area contributed by atoms with Gasteiger partial charge in [-0.2, -0.15) is 0 Å². The summed E-state index contributed by atoms with van der Waals surface area (Å²) in [5, 5.41) is 0. The number of hydrogen-bond donors (Lipinski definition) is 0. The molecule has 1 saturated heterocycles. The fourth-order valence-corrected chi connectivity index (χ4v) is 18.9. The minimum atomic E-state index is -1.27. The predicted molar refractivity (Wildman–Crippen MR) is 65.3 cm³/mol. The largest absolute Gasteiger partial charge is 0.417 e. The Labute approximate surface area is 90.3 Å². The van der Waals surface area contributed by atoms with Gasteiger partial charge in [0.1, 0.15) is 0 Å². The molecular weight excluding hydrogens is 208 g/mol. The molecule has 1 aliphatic heterocycles. The highest BCUT2D eigenvalue weighted by molar-refractivity contribution is 7.08. The first kappa shape index (κ1) is 12.4. The molecule has 0 aliphatic carbocycles. The molecule has 1 fully saturated rings. The molecule has 0 saturated carbocycles. The Hall–Kier alpha value is 0.354. The standard InChI is InChI=1S/C10H24O2Si2/c1-5-11-13(7-3)9-14(8-4,10-13)12-6-2/h5-10H2,1-4H3. The van der Waals surface area contributed by atoms with Gasteiger partial charge in [-0.15, -0.1) is 0 Å². The first-order valence-electron chi connectivity index (χ1n) is 5.94. The maximum atomic E-state index is 6.01. The Morgan fingerprint density at radius 1 is 0.786 bits per heavy atom. The summed E-state index contributed by atoms with van der Waals surface area (Å²) in [6.45, 7) is 10.6. The molecule has 0 spiro atoms. The summed E-state index contributed by atoms with van der Waals surface area (Å²) < 4.78 is 12.0. The van der Waals surface area contributed by atoms with E-state index in [2.05, 4.69) is 27.7 Å². The lowest BCUT2D eigenvalue weighted by Crippen LogP contribution is -2.65. The summed E-state index contributed by atoms with van der Waals surface area (Å²) in [6, 6.07) is 2.56. The van der Waals surface area contributed by atoms with E-state index in [4.69, 9.17) is 8.85 Å². The first-order valence-corrected chi connectivity index (χ1v) is 11.0. The third-order valence-electron chi connectivity index (χ3n) is 3.48. The summed E-state index contributed by atoms with van der Waals surface area (Å²) >= 11 is 0. The number of hydrogen-bond acceptors (Lipinski definition) is 2. The van der Waals surface area contributed by atoms with Crippen LogP contribution in [0.3, 0.4) is 0 Å². The van der Waals surface area contributed by atoms with Gasteiger partial charge in [0.25, 0.3) is 0 Å². The van der Waals surface area contributed by atoms with Crippen molar-refractivity contribution in [2.45, 2.75) is 51.1 Å². The van der Waals surface area contributed by atoms with Crippen molar-refractivity contribution in [2.75, 3.05) is 13.2 Å². The van der Waals surface area contributed by atoms with Crippen LogP contribution in [0.2, 0.25) is 23.4 Å². The van der Waals surface area contributed by atoms with E-state index >= 15 is 0 Å². The summed E-state index contributed by atoms with van der Waals surface area (Å²) in [5.41, 5.74) is 2.71. The van der Waals surface area contributed by atoms with Crippen LogP contribution in [0, 0.1) is 0 Å². The molecule has 0 aromatic heterocycles. The average Bonchev–Trinajstić information content (AvgIpc) is 2.14. The minimum absolute atomic E-state index is 0.903. The highest BCUT2D eigenvalue weighted by Gasteiger charge is 2.58. The second kappa shape index (κ2) is 4.92. The molecule has 0 amide bonds. The van der Waals surface area contributed by atoms with E-state index in [0.717, 1.165) is 13.2 Å². The van der Waals surface area contributed by atoms with Crippen molar-refractivity contribution in [1.82, 2.24) is 0 Å². The molecule has 1 heterocycles. The van der Waals surface area contributed by atoms with Gasteiger partial charge in [-0.05, 0) is 37.3 Å². The molecule has 0 aromatic rings. The molecule has 1 rings (SSSR count). The summed E-state index contributed by atoms with van der Waals surface area (Å²) in [4.78, 5) is 0. The fraction of sp³-hybridized carbons (Fsp3) is 1.00. The van der Waals surface area contributed by atoms with Gasteiger partial charge in [0.05, 0.1) is 0 Å². The molecule has 84 valence electrons. The van der Waals surface area contributed by atoms with Crippen LogP contribution >= 0.6 is 0 Å². The van der Waals surface area contributed by atoms with Crippen molar-refractivity contribution in [2.24, 2.45) is 0 Å². The van der Waals surface area contributed by atoms with Gasteiger partial charge >= 0.3 is 0 Å². The minimum Gasteiger partial charge on any atom is -0.417 e. The Morgan fingerprint density at radius 3 is 1.36 bits per heavy atom. The van der Waals surface area contributed by atoms with Crippen LogP contribution in [-0.4, -0.2) is 29.8 Å². The summed E-state index contributed by atoms with van der Waals surface area (Å²) in [6.07, 6.45) is 0. The van der Waals surface area contributed by atoms with Crippen molar-refractivity contribution in [3.63, 3.8) is 0 Å². The van der Waals surface area contributed by atoms with Gasteiger partial charge in [-0.25, -0.2) is 0 Å². The molecular formula is C10H24O2Si2. The van der Waals surface area contributed by atoms with E-state index in [0.29, 0.717) is 0 Å². The highest BCUT2D eigenvalue weighted by atomic mass is 28.5. The van der Waals surface area contributed by atoms with Crippen LogP contribution < -0.4 is 0 Å². The molecule has 0 N–H and O–H groups in total. The van der Waals surface area contributed by atoms with E-state index in [9.17, 15) is 0 Å². The smallest absolute Gasteiger partial charge is 0.191 e. The fourth-order valence-electron chi connectivity index (χ4n) is 2.64. The van der Waals surface area contributed by atoms with Gasteiger partial charge in [0, 0.05) is 13.2 Å². The predicted octanol–water partition coefficient (Wildman–Crippen LogP) is 3.08. The molecule has 1 aliphatic rings. The summed E-state index contributed by atoms with van der Waals surface area (Å²) in [7, 11) is -2.55. The second-order valence-electron chi connectivity index (χ2n) is 4.29. The Morgan fingerprint density at radius 2 is 1.14 bits per heavy atom. The van der Waals surface area contributed by atoms with E-state index in [1.807, 2.05) is 0 Å². The molecule has 4 heteroatoms. The monoisotopic (exact) mass is 232 g/mol. The lowest BCUT2D eigenvalue weighted by Gasteiger charge is -2.51. The van der Waals surface area contributed by atoms with Gasteiger partial charge < -0.3 is 8.85 Å². The Bertz CT molecular complexity index is 161. The van der Waals surface area contributed by atoms with Gasteiger partial charge in [0.2, 0.25) is 0 Å². The second-order valence-corrected chi connectivity index (χ2v) is 13.8. The van der Waals surface area contributed by atoms with Gasteiger partial charge in [-0.1, -0.05) is 13.8 Å². The topological polar surface area (TPSA) is 18.5 Å². The van der Waals surface area contributed by atoms with E-state index in [1.165, 1.54) is 23.4 Å². The molecule has 0 atom stereocenters. The average molecular weight is 232 g/mol. The lowest BCUT2D eigenvalue weighted by molar-refractivity contribution is 0.287. The third-order valence-corrected chi connectivity index (χ3v) is 18.2. The van der Waals surface area contributed by atoms with Crippen LogP contribution in [0.15, 0.2) is 0 Å². The van der Waals surface area contributed by atoms with Gasteiger partial charge in [0.15, 0.2) is 16.6 Å². The van der Waals surface area contributed by atoms with Crippen LogP contribution in [0.1, 0.15) is 27.7 Å². The van der Waals surface area contributed by atoms with Crippen LogP contribution in [0.5, 0.6) is 0 Å². The van der Waals surface area contributed by atoms with Crippen molar-refractivity contribution < 1.29 is 8.85 Å². The molecule has 0 unspecified atom stereocenters. The van der Waals surface area contributed by atoms with Crippen LogP contribution in [-0.2, 0) is 8.85 Å². The Kier molecular flexibility index (Phi) is 4.37. The van der Waals surface area contributed by atoms with Crippen LogP contribution in [0.25, 0.3) is 0 Å². The van der Waals surface area contributed by atoms with Crippen molar-refractivity contribution in [1.29, 1.82) is 0 Å². The highest BCUT2D eigenvalue weighted by Crippen LogP contribution is 2.46. The lowest BCUT2D eigenvalue weighted by atomic mass is 10.9. The summed E-state index contributed by atoms with van der Waals surface area (Å²) in [5.74, 6) is 0. The normalized spacial score (nSPS) is 36.9. The van der Waals surface area contributed by atoms with Crippen molar-refractivity contribution >= 4 is 16.6 Å². The molecule has 2 nitrogen and oxygen atoms in total. The van der Waals surface area contributed by atoms with Crippen molar-refractivity contribution in [3.05, 3.63) is 0 Å². The zero-order valence-electron chi connectivity index (χ0n) is 10.1. The SMILES string of the molecule is CCO[Si]1(CC)C[Si](CC)(OCC)C1. The van der Waals surface area contributed by atoms with Gasteiger partial charge in [-0.3, -0.25) is 0 Å². The first-order chi connectivity index (χ1) is 6.66. The maximum Gasteiger partial charge on any atom is 0.191 e. The zero-order chi connectivity index (χ0) is 10.7. The molecule has 0 bridgehead atoms. The third kappa shape index (κ3) is 2.29. The number of rotatable bonds is 6.